The number of ether oxygens (including phenoxy) is 2. The number of carbonyl (C=O) groups excluding carboxylic acids is 1. The van der Waals surface area contributed by atoms with Crippen LogP contribution in [0.2, 0.25) is 0 Å². The van der Waals surface area contributed by atoms with Gasteiger partial charge in [-0.3, -0.25) is 10.2 Å². The van der Waals surface area contributed by atoms with Crippen molar-refractivity contribution in [3.63, 3.8) is 0 Å². The summed E-state index contributed by atoms with van der Waals surface area (Å²) >= 11 is 0. The Morgan fingerprint density at radius 3 is 2.72 bits per heavy atom. The van der Waals surface area contributed by atoms with Crippen LogP contribution in [0.1, 0.15) is 17.2 Å². The molecule has 1 amide bonds. The number of hydrazine groups is 1. The van der Waals surface area contributed by atoms with Gasteiger partial charge >= 0.3 is 0 Å². The Labute approximate surface area is 146 Å². The van der Waals surface area contributed by atoms with Gasteiger partial charge in [0, 0.05) is 13.1 Å². The van der Waals surface area contributed by atoms with Crippen molar-refractivity contribution >= 4 is 5.91 Å². The molecule has 0 bridgehead atoms. The van der Waals surface area contributed by atoms with Crippen LogP contribution in [0.5, 0.6) is 11.5 Å². The molecule has 6 nitrogen and oxygen atoms in total. The normalized spacial score (nSPS) is 21.8. The molecule has 1 fully saturated rings. The van der Waals surface area contributed by atoms with Crippen molar-refractivity contribution in [2.24, 2.45) is 5.92 Å². The van der Waals surface area contributed by atoms with Crippen LogP contribution in [0.4, 0.5) is 0 Å². The summed E-state index contributed by atoms with van der Waals surface area (Å²) in [6.07, 6.45) is 0. The van der Waals surface area contributed by atoms with Gasteiger partial charge in [0.2, 0.25) is 5.91 Å². The van der Waals surface area contributed by atoms with Crippen LogP contribution in [0.25, 0.3) is 0 Å². The topological polar surface area (TPSA) is 71.6 Å². The van der Waals surface area contributed by atoms with Crippen molar-refractivity contribution in [2.45, 2.75) is 12.6 Å². The Bertz CT molecular complexity index is 751. The Hall–Kier alpha value is -2.57. The number of carbonyl (C=O) groups is 1. The molecule has 6 heteroatoms. The fraction of sp³-hybridized carbons (Fsp3) is 0.316. The highest BCUT2D eigenvalue weighted by Crippen LogP contribution is 2.35. The maximum absolute atomic E-state index is 12.6. The van der Waals surface area contributed by atoms with Crippen molar-refractivity contribution < 1.29 is 14.3 Å². The first-order valence-corrected chi connectivity index (χ1v) is 8.51. The number of benzene rings is 2. The molecule has 130 valence electrons. The van der Waals surface area contributed by atoms with E-state index in [9.17, 15) is 4.79 Å². The molecule has 2 unspecified atom stereocenters. The molecule has 2 aliphatic heterocycles. The van der Waals surface area contributed by atoms with E-state index in [2.05, 4.69) is 16.2 Å². The van der Waals surface area contributed by atoms with Gasteiger partial charge in [-0.25, -0.2) is 5.43 Å². The van der Waals surface area contributed by atoms with E-state index in [1.807, 2.05) is 48.5 Å². The number of rotatable bonds is 4. The predicted octanol–water partition coefficient (Wildman–Crippen LogP) is 1.54. The Morgan fingerprint density at radius 1 is 1.08 bits per heavy atom. The number of hydrogen-bond donors (Lipinski definition) is 3. The molecule has 0 radical (unpaired) electrons. The first-order chi connectivity index (χ1) is 12.3. The molecular formula is C19H21N3O3. The summed E-state index contributed by atoms with van der Waals surface area (Å²) in [5.41, 5.74) is 8.40. The Balaban J connectivity index is 1.45. The van der Waals surface area contributed by atoms with Crippen LogP contribution in [0.3, 0.4) is 0 Å². The molecule has 2 aromatic carbocycles. The van der Waals surface area contributed by atoms with E-state index in [1.165, 1.54) is 0 Å². The lowest BCUT2D eigenvalue weighted by Crippen LogP contribution is -2.34. The van der Waals surface area contributed by atoms with E-state index in [4.69, 9.17) is 9.47 Å². The number of amides is 1. The van der Waals surface area contributed by atoms with E-state index >= 15 is 0 Å². The minimum absolute atomic E-state index is 0.0289. The first-order valence-electron chi connectivity index (χ1n) is 8.51. The summed E-state index contributed by atoms with van der Waals surface area (Å²) in [6.45, 7) is 2.23. The monoisotopic (exact) mass is 339 g/mol. The van der Waals surface area contributed by atoms with E-state index in [1.54, 1.807) is 0 Å². The van der Waals surface area contributed by atoms with Crippen molar-refractivity contribution in [3.8, 4) is 11.5 Å². The molecule has 0 saturated carbocycles. The average Bonchev–Trinajstić information content (AvgIpc) is 3.16. The average molecular weight is 339 g/mol. The lowest BCUT2D eigenvalue weighted by atomic mass is 9.93. The molecular weight excluding hydrogens is 318 g/mol. The van der Waals surface area contributed by atoms with Crippen molar-refractivity contribution in [1.82, 2.24) is 16.2 Å². The quantitative estimate of drug-likeness (QED) is 0.788. The maximum atomic E-state index is 12.6. The van der Waals surface area contributed by atoms with Crippen molar-refractivity contribution in [1.29, 1.82) is 0 Å². The molecule has 1 saturated heterocycles. The van der Waals surface area contributed by atoms with Crippen molar-refractivity contribution in [3.05, 3.63) is 59.7 Å². The second-order valence-electron chi connectivity index (χ2n) is 6.22. The number of hydrogen-bond acceptors (Lipinski definition) is 5. The van der Waals surface area contributed by atoms with Crippen LogP contribution >= 0.6 is 0 Å². The molecule has 3 N–H and O–H groups in total. The zero-order valence-corrected chi connectivity index (χ0v) is 13.8. The number of nitrogens with one attached hydrogen (secondary N) is 3. The van der Waals surface area contributed by atoms with Crippen molar-refractivity contribution in [2.75, 3.05) is 19.8 Å². The van der Waals surface area contributed by atoms with E-state index in [0.717, 1.165) is 22.6 Å². The van der Waals surface area contributed by atoms with Gasteiger partial charge in [0.25, 0.3) is 0 Å². The van der Waals surface area contributed by atoms with E-state index in [0.29, 0.717) is 26.3 Å². The van der Waals surface area contributed by atoms with Gasteiger partial charge in [-0.05, 0) is 23.3 Å². The third kappa shape index (κ3) is 3.45. The van der Waals surface area contributed by atoms with Crippen LogP contribution in [0, 0.1) is 5.92 Å². The van der Waals surface area contributed by atoms with Gasteiger partial charge in [-0.15, -0.1) is 0 Å². The van der Waals surface area contributed by atoms with Gasteiger partial charge in [-0.1, -0.05) is 36.4 Å². The summed E-state index contributed by atoms with van der Waals surface area (Å²) in [6, 6.07) is 15.7. The fourth-order valence-electron chi connectivity index (χ4n) is 3.23. The van der Waals surface area contributed by atoms with E-state index in [-0.39, 0.29) is 17.9 Å². The summed E-state index contributed by atoms with van der Waals surface area (Å²) < 4.78 is 11.2. The van der Waals surface area contributed by atoms with Gasteiger partial charge < -0.3 is 14.8 Å². The molecule has 2 aromatic rings. The van der Waals surface area contributed by atoms with Gasteiger partial charge in [-0.2, -0.15) is 0 Å². The molecule has 0 aliphatic carbocycles. The summed E-state index contributed by atoms with van der Waals surface area (Å²) in [5.74, 6) is 1.33. The van der Waals surface area contributed by atoms with Crippen LogP contribution in [0.15, 0.2) is 48.5 Å². The van der Waals surface area contributed by atoms with Gasteiger partial charge in [0.1, 0.15) is 13.2 Å². The van der Waals surface area contributed by atoms with Crippen LogP contribution < -0.4 is 25.6 Å². The summed E-state index contributed by atoms with van der Waals surface area (Å²) in [7, 11) is 0. The fourth-order valence-corrected chi connectivity index (χ4v) is 3.23. The van der Waals surface area contributed by atoms with Crippen LogP contribution in [-0.4, -0.2) is 25.7 Å². The molecule has 2 atom stereocenters. The SMILES string of the molecule is O=C(NCc1ccccc1)C1CNNC1c1ccc2c(c1)OCCO2. The lowest BCUT2D eigenvalue weighted by molar-refractivity contribution is -0.125. The standard InChI is InChI=1S/C19H21N3O3/c23-19(20-11-13-4-2-1-3-5-13)15-12-21-22-18(15)14-6-7-16-17(10-14)25-9-8-24-16/h1-7,10,15,18,21-22H,8-9,11-12H2,(H,20,23). The van der Waals surface area contributed by atoms with E-state index < -0.39 is 0 Å². The van der Waals surface area contributed by atoms with Gasteiger partial charge in [0.15, 0.2) is 11.5 Å². The molecule has 0 aromatic heterocycles. The first kappa shape index (κ1) is 15.9. The van der Waals surface area contributed by atoms with Crippen LogP contribution in [-0.2, 0) is 11.3 Å². The molecule has 2 heterocycles. The zero-order chi connectivity index (χ0) is 17.1. The third-order valence-electron chi connectivity index (χ3n) is 4.55. The lowest BCUT2D eigenvalue weighted by Gasteiger charge is -2.22. The highest BCUT2D eigenvalue weighted by molar-refractivity contribution is 5.80. The Morgan fingerprint density at radius 2 is 1.88 bits per heavy atom. The minimum Gasteiger partial charge on any atom is -0.486 e. The smallest absolute Gasteiger partial charge is 0.226 e. The molecule has 2 aliphatic rings. The second-order valence-corrected chi connectivity index (χ2v) is 6.22. The largest absolute Gasteiger partial charge is 0.486 e. The van der Waals surface area contributed by atoms with Gasteiger partial charge in [0.05, 0.1) is 12.0 Å². The zero-order valence-electron chi connectivity index (χ0n) is 13.8. The Kier molecular flexibility index (Phi) is 4.54. The molecule has 4 rings (SSSR count). The summed E-state index contributed by atoms with van der Waals surface area (Å²) in [5, 5.41) is 3.03. The maximum Gasteiger partial charge on any atom is 0.226 e. The highest BCUT2D eigenvalue weighted by atomic mass is 16.6. The highest BCUT2D eigenvalue weighted by Gasteiger charge is 2.34. The summed E-state index contributed by atoms with van der Waals surface area (Å²) in [4.78, 5) is 12.6. The number of fused-ring (bicyclic) bond motifs is 1. The third-order valence-corrected chi connectivity index (χ3v) is 4.55. The molecule has 0 spiro atoms. The minimum atomic E-state index is -0.189. The predicted molar refractivity (Wildman–Crippen MR) is 93.1 cm³/mol. The molecule has 25 heavy (non-hydrogen) atoms. The second kappa shape index (κ2) is 7.13.